The maximum Gasteiger partial charge on any atom is 0.243 e. The van der Waals surface area contributed by atoms with Gasteiger partial charge < -0.3 is 11.1 Å². The quantitative estimate of drug-likeness (QED) is 0.852. The highest BCUT2D eigenvalue weighted by atomic mass is 32.1. The van der Waals surface area contributed by atoms with E-state index in [4.69, 9.17) is 5.73 Å². The second-order valence-corrected chi connectivity index (χ2v) is 6.69. The van der Waals surface area contributed by atoms with Crippen molar-refractivity contribution in [3.63, 3.8) is 0 Å². The number of carbonyl (C=O) groups is 1. The van der Waals surface area contributed by atoms with Gasteiger partial charge in [-0.05, 0) is 45.0 Å². The van der Waals surface area contributed by atoms with Crippen LogP contribution in [0.15, 0.2) is 18.2 Å². The van der Waals surface area contributed by atoms with Gasteiger partial charge in [0.25, 0.3) is 0 Å². The molecule has 0 saturated heterocycles. The summed E-state index contributed by atoms with van der Waals surface area (Å²) in [6, 6.07) is 5.97. The molecule has 6 heteroatoms. The summed E-state index contributed by atoms with van der Waals surface area (Å²) in [4.78, 5) is 18.9. The van der Waals surface area contributed by atoms with Crippen LogP contribution in [0.4, 0.5) is 10.8 Å². The lowest BCUT2D eigenvalue weighted by molar-refractivity contribution is -0.121. The van der Waals surface area contributed by atoms with E-state index in [-0.39, 0.29) is 11.9 Å². The van der Waals surface area contributed by atoms with Gasteiger partial charge in [0.2, 0.25) is 5.91 Å². The largest absolute Gasteiger partial charge is 0.399 e. The first-order valence-corrected chi connectivity index (χ1v) is 8.05. The van der Waals surface area contributed by atoms with Crippen molar-refractivity contribution in [1.82, 2.24) is 9.88 Å². The maximum absolute atomic E-state index is 12.3. The molecule has 1 fully saturated rings. The number of thiazole rings is 1. The number of rotatable bonds is 4. The number of amides is 1. The van der Waals surface area contributed by atoms with E-state index in [0.29, 0.717) is 16.9 Å². The first-order valence-electron chi connectivity index (χ1n) is 7.23. The minimum absolute atomic E-state index is 0.00331. The SMILES string of the molecule is CC(C(=O)Nc1nc2ccc(N)cc2s1)N(C)C1CCC1. The lowest BCUT2D eigenvalue weighted by Gasteiger charge is -2.37. The minimum atomic E-state index is -0.146. The molecule has 3 rings (SSSR count). The molecular weight excluding hydrogens is 284 g/mol. The molecule has 1 heterocycles. The Kier molecular flexibility index (Phi) is 3.82. The van der Waals surface area contributed by atoms with Gasteiger partial charge in [0.1, 0.15) is 0 Å². The number of anilines is 2. The number of hydrogen-bond donors (Lipinski definition) is 2. The van der Waals surface area contributed by atoms with Crippen molar-refractivity contribution in [3.8, 4) is 0 Å². The Morgan fingerprint density at radius 2 is 2.29 bits per heavy atom. The van der Waals surface area contributed by atoms with Crippen LogP contribution in [0, 0.1) is 0 Å². The molecule has 0 bridgehead atoms. The second kappa shape index (κ2) is 5.61. The van der Waals surface area contributed by atoms with E-state index in [0.717, 1.165) is 10.2 Å². The van der Waals surface area contributed by atoms with Crippen molar-refractivity contribution in [1.29, 1.82) is 0 Å². The summed E-state index contributed by atoms with van der Waals surface area (Å²) in [5, 5.41) is 3.55. The van der Waals surface area contributed by atoms with Crippen LogP contribution in [0.2, 0.25) is 0 Å². The maximum atomic E-state index is 12.3. The van der Waals surface area contributed by atoms with Crippen molar-refractivity contribution in [2.75, 3.05) is 18.1 Å². The molecule has 0 radical (unpaired) electrons. The number of nitrogens with zero attached hydrogens (tertiary/aromatic N) is 2. The number of hydrogen-bond acceptors (Lipinski definition) is 5. The molecule has 0 aliphatic heterocycles. The van der Waals surface area contributed by atoms with Crippen molar-refractivity contribution in [2.45, 2.75) is 38.3 Å². The molecular formula is C15H20N4OS. The normalized spacial score (nSPS) is 16.9. The van der Waals surface area contributed by atoms with Crippen molar-refractivity contribution in [3.05, 3.63) is 18.2 Å². The Morgan fingerprint density at radius 1 is 1.52 bits per heavy atom. The second-order valence-electron chi connectivity index (χ2n) is 5.66. The number of nitrogen functional groups attached to an aromatic ring is 1. The zero-order chi connectivity index (χ0) is 15.0. The van der Waals surface area contributed by atoms with Gasteiger partial charge in [-0.3, -0.25) is 9.69 Å². The molecule has 1 aromatic carbocycles. The van der Waals surface area contributed by atoms with E-state index in [1.807, 2.05) is 32.2 Å². The lowest BCUT2D eigenvalue weighted by Crippen LogP contribution is -2.47. The van der Waals surface area contributed by atoms with Crippen molar-refractivity contribution < 1.29 is 4.79 Å². The Morgan fingerprint density at radius 3 is 2.95 bits per heavy atom. The predicted molar refractivity (Wildman–Crippen MR) is 87.5 cm³/mol. The first kappa shape index (κ1) is 14.3. The third-order valence-electron chi connectivity index (χ3n) is 4.28. The summed E-state index contributed by atoms with van der Waals surface area (Å²) in [6.45, 7) is 1.94. The summed E-state index contributed by atoms with van der Waals surface area (Å²) >= 11 is 1.46. The molecule has 1 aliphatic rings. The third-order valence-corrected chi connectivity index (χ3v) is 5.22. The van der Waals surface area contributed by atoms with Gasteiger partial charge in [0.05, 0.1) is 16.3 Å². The molecule has 5 nitrogen and oxygen atoms in total. The first-order chi connectivity index (χ1) is 10.0. The number of fused-ring (bicyclic) bond motifs is 1. The number of benzene rings is 1. The number of nitrogens with two attached hydrogens (primary N) is 1. The van der Waals surface area contributed by atoms with Crippen molar-refractivity contribution >= 4 is 38.3 Å². The number of nitrogens with one attached hydrogen (secondary N) is 1. The summed E-state index contributed by atoms with van der Waals surface area (Å²) in [5.74, 6) is -0.00331. The third kappa shape index (κ3) is 2.87. The average molecular weight is 304 g/mol. The molecule has 1 aliphatic carbocycles. The zero-order valence-corrected chi connectivity index (χ0v) is 13.1. The van der Waals surface area contributed by atoms with Crippen LogP contribution >= 0.6 is 11.3 Å². The fourth-order valence-corrected chi connectivity index (χ4v) is 3.42. The molecule has 1 saturated carbocycles. The van der Waals surface area contributed by atoms with Crippen LogP contribution < -0.4 is 11.1 Å². The standard InChI is InChI=1S/C15H20N4OS/c1-9(19(2)11-4-3-5-11)14(20)18-15-17-12-7-6-10(16)8-13(12)21-15/h6-9,11H,3-5,16H2,1-2H3,(H,17,18,20). The van der Waals surface area contributed by atoms with E-state index in [1.165, 1.54) is 30.6 Å². The molecule has 21 heavy (non-hydrogen) atoms. The van der Waals surface area contributed by atoms with Crippen LogP contribution in [0.25, 0.3) is 10.2 Å². The van der Waals surface area contributed by atoms with Gasteiger partial charge >= 0.3 is 0 Å². The molecule has 1 unspecified atom stereocenters. The smallest absolute Gasteiger partial charge is 0.243 e. The van der Waals surface area contributed by atoms with Gasteiger partial charge in [-0.1, -0.05) is 17.8 Å². The van der Waals surface area contributed by atoms with E-state index in [9.17, 15) is 4.79 Å². The minimum Gasteiger partial charge on any atom is -0.399 e. The summed E-state index contributed by atoms with van der Waals surface area (Å²) < 4.78 is 0.991. The Labute approximate surface area is 128 Å². The molecule has 0 spiro atoms. The summed E-state index contributed by atoms with van der Waals surface area (Å²) in [6.07, 6.45) is 3.64. The molecule has 1 aromatic heterocycles. The molecule has 112 valence electrons. The molecule has 3 N–H and O–H groups in total. The number of likely N-dealkylation sites (N-methyl/N-ethyl adjacent to an activating group) is 1. The van der Waals surface area contributed by atoms with E-state index >= 15 is 0 Å². The van der Waals surface area contributed by atoms with Crippen LogP contribution in [-0.2, 0) is 4.79 Å². The van der Waals surface area contributed by atoms with E-state index < -0.39 is 0 Å². The van der Waals surface area contributed by atoms with Crippen molar-refractivity contribution in [2.24, 2.45) is 0 Å². The highest BCUT2D eigenvalue weighted by Gasteiger charge is 2.29. The van der Waals surface area contributed by atoms with Crippen LogP contribution in [-0.4, -0.2) is 34.9 Å². The van der Waals surface area contributed by atoms with Crippen LogP contribution in [0.1, 0.15) is 26.2 Å². The summed E-state index contributed by atoms with van der Waals surface area (Å²) in [7, 11) is 2.02. The van der Waals surface area contributed by atoms with Crippen LogP contribution in [0.5, 0.6) is 0 Å². The lowest BCUT2D eigenvalue weighted by atomic mass is 9.91. The fourth-order valence-electron chi connectivity index (χ4n) is 2.50. The van der Waals surface area contributed by atoms with Gasteiger partial charge in [-0.15, -0.1) is 0 Å². The summed E-state index contributed by atoms with van der Waals surface area (Å²) in [5.41, 5.74) is 7.34. The Balaban J connectivity index is 1.70. The van der Waals surface area contributed by atoms with E-state index in [2.05, 4.69) is 15.2 Å². The van der Waals surface area contributed by atoms with Gasteiger partial charge in [0, 0.05) is 11.7 Å². The van der Waals surface area contributed by atoms with Gasteiger partial charge in [-0.2, -0.15) is 0 Å². The highest BCUT2D eigenvalue weighted by molar-refractivity contribution is 7.22. The monoisotopic (exact) mass is 304 g/mol. The zero-order valence-electron chi connectivity index (χ0n) is 12.3. The van der Waals surface area contributed by atoms with E-state index in [1.54, 1.807) is 0 Å². The fraction of sp³-hybridized carbons (Fsp3) is 0.467. The molecule has 1 amide bonds. The topological polar surface area (TPSA) is 71.2 Å². The molecule has 1 atom stereocenters. The van der Waals surface area contributed by atoms with Gasteiger partial charge in [0.15, 0.2) is 5.13 Å². The predicted octanol–water partition coefficient (Wildman–Crippen LogP) is 2.69. The highest BCUT2D eigenvalue weighted by Crippen LogP contribution is 2.28. The number of aromatic nitrogens is 1. The average Bonchev–Trinajstić information content (AvgIpc) is 2.76. The Bertz CT molecular complexity index is 665. The molecule has 2 aromatic rings. The number of carbonyl (C=O) groups excluding carboxylic acids is 1. The Hall–Kier alpha value is -1.66. The van der Waals surface area contributed by atoms with Gasteiger partial charge in [-0.25, -0.2) is 4.98 Å². The van der Waals surface area contributed by atoms with Crippen LogP contribution in [0.3, 0.4) is 0 Å².